The van der Waals surface area contributed by atoms with Crippen molar-refractivity contribution >= 4 is 11.8 Å². The van der Waals surface area contributed by atoms with Crippen LogP contribution in [0, 0.1) is 6.92 Å². The van der Waals surface area contributed by atoms with Crippen molar-refractivity contribution in [1.29, 1.82) is 0 Å². The van der Waals surface area contributed by atoms with Crippen molar-refractivity contribution in [3.63, 3.8) is 0 Å². The zero-order valence-corrected chi connectivity index (χ0v) is 10.7. The maximum Gasteiger partial charge on any atom is 0.339 e. The van der Waals surface area contributed by atoms with Crippen molar-refractivity contribution in [2.75, 3.05) is 25.2 Å². The first kappa shape index (κ1) is 12.8. The number of ether oxygens (including phenoxy) is 1. The van der Waals surface area contributed by atoms with Crippen LogP contribution < -0.4 is 4.90 Å². The molecule has 0 radical (unpaired) electrons. The molecule has 0 spiro atoms. The average Bonchev–Trinajstić information content (AvgIpc) is 3.13. The minimum Gasteiger partial charge on any atom is -0.478 e. The third-order valence-corrected chi connectivity index (χ3v) is 3.04. The van der Waals surface area contributed by atoms with E-state index in [-0.39, 0.29) is 5.56 Å². The summed E-state index contributed by atoms with van der Waals surface area (Å²) in [5.74, 6) is -0.359. The van der Waals surface area contributed by atoms with Crippen LogP contribution in [-0.2, 0) is 4.74 Å². The van der Waals surface area contributed by atoms with Gasteiger partial charge >= 0.3 is 5.97 Å². The normalized spacial score (nSPS) is 14.6. The highest BCUT2D eigenvalue weighted by atomic mass is 16.5. The molecule has 5 heteroatoms. The van der Waals surface area contributed by atoms with E-state index in [1.54, 1.807) is 19.2 Å². The molecule has 0 saturated heterocycles. The lowest BCUT2D eigenvalue weighted by atomic mass is 10.2. The van der Waals surface area contributed by atoms with E-state index in [4.69, 9.17) is 4.74 Å². The Morgan fingerprint density at radius 3 is 2.83 bits per heavy atom. The number of carboxylic acid groups (broad SMARTS) is 1. The fourth-order valence-electron chi connectivity index (χ4n) is 1.97. The van der Waals surface area contributed by atoms with E-state index in [9.17, 15) is 9.90 Å². The second-order valence-corrected chi connectivity index (χ2v) is 4.55. The van der Waals surface area contributed by atoms with Crippen LogP contribution in [0.2, 0.25) is 0 Å². The van der Waals surface area contributed by atoms with Gasteiger partial charge in [0.15, 0.2) is 0 Å². The van der Waals surface area contributed by atoms with Gasteiger partial charge in [-0.2, -0.15) is 0 Å². The fourth-order valence-corrected chi connectivity index (χ4v) is 1.97. The molecule has 1 aliphatic carbocycles. The number of hydrogen-bond acceptors (Lipinski definition) is 4. The monoisotopic (exact) mass is 250 g/mol. The molecule has 1 heterocycles. The minimum atomic E-state index is -0.930. The molecule has 1 aromatic heterocycles. The second kappa shape index (κ2) is 5.35. The minimum absolute atomic E-state index is 0.267. The number of carboxylic acids is 1. The first-order valence-electron chi connectivity index (χ1n) is 6.10. The van der Waals surface area contributed by atoms with Gasteiger partial charge < -0.3 is 14.7 Å². The summed E-state index contributed by atoms with van der Waals surface area (Å²) in [4.78, 5) is 17.7. The van der Waals surface area contributed by atoms with Crippen LogP contribution in [-0.4, -0.2) is 42.4 Å². The smallest absolute Gasteiger partial charge is 0.339 e. The molecule has 1 saturated carbocycles. The van der Waals surface area contributed by atoms with Gasteiger partial charge in [0.2, 0.25) is 0 Å². The molecule has 1 aromatic rings. The molecule has 1 aliphatic rings. The number of anilines is 1. The van der Waals surface area contributed by atoms with Crippen molar-refractivity contribution in [2.45, 2.75) is 25.8 Å². The van der Waals surface area contributed by atoms with Crippen LogP contribution in [0.25, 0.3) is 0 Å². The molecule has 0 aromatic carbocycles. The van der Waals surface area contributed by atoms with E-state index < -0.39 is 5.97 Å². The van der Waals surface area contributed by atoms with Gasteiger partial charge in [0, 0.05) is 25.4 Å². The standard InChI is InChI=1S/C13H18N2O3/c1-9-3-6-11(13(16)17)12(14-9)15(7-8-18-2)10-4-5-10/h3,6,10H,4-5,7-8H2,1-2H3,(H,16,17). The van der Waals surface area contributed by atoms with Gasteiger partial charge in [0.25, 0.3) is 0 Å². The van der Waals surface area contributed by atoms with Crippen LogP contribution in [0.1, 0.15) is 28.9 Å². The van der Waals surface area contributed by atoms with Crippen molar-refractivity contribution < 1.29 is 14.6 Å². The Balaban J connectivity index is 2.32. The summed E-state index contributed by atoms with van der Waals surface area (Å²) < 4.78 is 5.09. The number of hydrogen-bond donors (Lipinski definition) is 1. The predicted octanol–water partition coefficient (Wildman–Crippen LogP) is 1.70. The third-order valence-electron chi connectivity index (χ3n) is 3.04. The Bertz CT molecular complexity index is 444. The Morgan fingerprint density at radius 1 is 1.56 bits per heavy atom. The zero-order chi connectivity index (χ0) is 13.1. The fraction of sp³-hybridized carbons (Fsp3) is 0.538. The number of nitrogens with zero attached hydrogens (tertiary/aromatic N) is 2. The number of carbonyl (C=O) groups is 1. The first-order chi connectivity index (χ1) is 8.63. The Hall–Kier alpha value is -1.62. The van der Waals surface area contributed by atoms with E-state index in [2.05, 4.69) is 9.88 Å². The van der Waals surface area contributed by atoms with Crippen molar-refractivity contribution in [1.82, 2.24) is 4.98 Å². The van der Waals surface area contributed by atoms with Gasteiger partial charge in [-0.05, 0) is 31.9 Å². The summed E-state index contributed by atoms with van der Waals surface area (Å²) in [6.07, 6.45) is 2.19. The zero-order valence-electron chi connectivity index (χ0n) is 10.7. The topological polar surface area (TPSA) is 62.7 Å². The molecule has 0 atom stereocenters. The Kier molecular flexibility index (Phi) is 3.81. The summed E-state index contributed by atoms with van der Waals surface area (Å²) in [6.45, 7) is 3.12. The molecule has 0 unspecified atom stereocenters. The summed E-state index contributed by atoms with van der Waals surface area (Å²) in [6, 6.07) is 3.77. The van der Waals surface area contributed by atoms with Gasteiger partial charge in [0.05, 0.1) is 6.61 Å². The van der Waals surface area contributed by atoms with Crippen molar-refractivity contribution in [2.24, 2.45) is 0 Å². The molecule has 98 valence electrons. The SMILES string of the molecule is COCCN(c1nc(C)ccc1C(=O)O)C1CC1. The summed E-state index contributed by atoms with van der Waals surface area (Å²) in [5.41, 5.74) is 1.10. The van der Waals surface area contributed by atoms with Gasteiger partial charge in [-0.15, -0.1) is 0 Å². The van der Waals surface area contributed by atoms with E-state index in [0.717, 1.165) is 18.5 Å². The molecule has 0 bridgehead atoms. The maximum atomic E-state index is 11.3. The van der Waals surface area contributed by atoms with Gasteiger partial charge in [-0.1, -0.05) is 0 Å². The van der Waals surface area contributed by atoms with Crippen LogP contribution in [0.4, 0.5) is 5.82 Å². The first-order valence-corrected chi connectivity index (χ1v) is 6.10. The molecule has 2 rings (SSSR count). The van der Waals surface area contributed by atoms with Crippen molar-refractivity contribution in [3.8, 4) is 0 Å². The molecule has 1 fully saturated rings. The highest BCUT2D eigenvalue weighted by molar-refractivity contribution is 5.93. The number of pyridine rings is 1. The van der Waals surface area contributed by atoms with E-state index in [1.165, 1.54) is 0 Å². The quantitative estimate of drug-likeness (QED) is 0.832. The van der Waals surface area contributed by atoms with Gasteiger partial charge in [-0.3, -0.25) is 0 Å². The number of methoxy groups -OCH3 is 1. The number of aromatic nitrogens is 1. The molecular weight excluding hydrogens is 232 g/mol. The van der Waals surface area contributed by atoms with Crippen LogP contribution in [0.15, 0.2) is 12.1 Å². The summed E-state index contributed by atoms with van der Waals surface area (Å²) >= 11 is 0. The molecule has 1 N–H and O–H groups in total. The lowest BCUT2D eigenvalue weighted by molar-refractivity contribution is 0.0697. The lowest BCUT2D eigenvalue weighted by Crippen LogP contribution is -2.32. The molecular formula is C13H18N2O3. The highest BCUT2D eigenvalue weighted by Crippen LogP contribution is 2.32. The molecule has 0 aliphatic heterocycles. The second-order valence-electron chi connectivity index (χ2n) is 4.55. The van der Waals surface area contributed by atoms with E-state index in [0.29, 0.717) is 25.0 Å². The van der Waals surface area contributed by atoms with Crippen LogP contribution in [0.5, 0.6) is 0 Å². The van der Waals surface area contributed by atoms with Gasteiger partial charge in [-0.25, -0.2) is 9.78 Å². The highest BCUT2D eigenvalue weighted by Gasteiger charge is 2.32. The van der Waals surface area contributed by atoms with E-state index in [1.807, 2.05) is 6.92 Å². The van der Waals surface area contributed by atoms with Crippen LogP contribution >= 0.6 is 0 Å². The maximum absolute atomic E-state index is 11.3. The van der Waals surface area contributed by atoms with Crippen LogP contribution in [0.3, 0.4) is 0 Å². The van der Waals surface area contributed by atoms with Gasteiger partial charge in [0.1, 0.15) is 11.4 Å². The summed E-state index contributed by atoms with van der Waals surface area (Å²) in [5, 5.41) is 9.24. The Labute approximate surface area is 106 Å². The number of rotatable bonds is 6. The Morgan fingerprint density at radius 2 is 2.28 bits per heavy atom. The predicted molar refractivity (Wildman–Crippen MR) is 68.2 cm³/mol. The molecule has 5 nitrogen and oxygen atoms in total. The lowest BCUT2D eigenvalue weighted by Gasteiger charge is -2.24. The largest absolute Gasteiger partial charge is 0.478 e. The average molecular weight is 250 g/mol. The molecule has 18 heavy (non-hydrogen) atoms. The summed E-state index contributed by atoms with van der Waals surface area (Å²) in [7, 11) is 1.65. The number of aryl methyl sites for hydroxylation is 1. The van der Waals surface area contributed by atoms with Crippen molar-refractivity contribution in [3.05, 3.63) is 23.4 Å². The molecule has 0 amide bonds. The number of aromatic carboxylic acids is 1. The van der Waals surface area contributed by atoms with E-state index >= 15 is 0 Å². The third kappa shape index (κ3) is 2.79.